The normalized spacial score (nSPS) is 17.3. The second-order valence-corrected chi connectivity index (χ2v) is 6.46. The minimum atomic E-state index is -0.519. The van der Waals surface area contributed by atoms with Crippen molar-refractivity contribution < 1.29 is 18.7 Å². The van der Waals surface area contributed by atoms with E-state index in [1.165, 1.54) is 0 Å². The van der Waals surface area contributed by atoms with Gasteiger partial charge in [0.25, 0.3) is 0 Å². The minimum absolute atomic E-state index is 0. The highest BCUT2D eigenvalue weighted by molar-refractivity contribution is 5.85. The molecule has 0 saturated carbocycles. The number of fused-ring (bicyclic) bond motifs is 1. The van der Waals surface area contributed by atoms with Gasteiger partial charge in [0.2, 0.25) is 5.91 Å². The number of furan rings is 1. The van der Waals surface area contributed by atoms with E-state index in [2.05, 4.69) is 5.32 Å². The van der Waals surface area contributed by atoms with Crippen molar-refractivity contribution >= 4 is 29.3 Å². The molecule has 0 radical (unpaired) electrons. The largest absolute Gasteiger partial charge is 0.490 e. The van der Waals surface area contributed by atoms with Crippen LogP contribution in [0.3, 0.4) is 0 Å². The fourth-order valence-electron chi connectivity index (χ4n) is 3.21. The molecule has 2 unspecified atom stereocenters. The van der Waals surface area contributed by atoms with Crippen molar-refractivity contribution in [2.45, 2.75) is 38.8 Å². The fourth-order valence-corrected chi connectivity index (χ4v) is 3.21. The maximum atomic E-state index is 12.5. The first-order chi connectivity index (χ1) is 12.1. The van der Waals surface area contributed by atoms with Gasteiger partial charge in [0.15, 0.2) is 11.3 Å². The minimum Gasteiger partial charge on any atom is -0.490 e. The molecule has 1 aromatic heterocycles. The van der Waals surface area contributed by atoms with Crippen LogP contribution in [-0.4, -0.2) is 31.8 Å². The average Bonchev–Trinajstić information content (AvgIpc) is 3.07. The SMILES string of the molecule is CCOc1cccc2cc(C(C)NC(=O)C(N)C3CCOCC3)oc12.Cl. The van der Waals surface area contributed by atoms with Crippen LogP contribution < -0.4 is 15.8 Å². The van der Waals surface area contributed by atoms with Crippen LogP contribution in [0.15, 0.2) is 28.7 Å². The summed E-state index contributed by atoms with van der Waals surface area (Å²) in [6.45, 7) is 5.74. The topological polar surface area (TPSA) is 86.7 Å². The number of benzene rings is 1. The first kappa shape index (κ1) is 20.6. The summed E-state index contributed by atoms with van der Waals surface area (Å²) < 4.78 is 16.9. The van der Waals surface area contributed by atoms with Crippen LogP contribution in [0.5, 0.6) is 5.75 Å². The average molecular weight is 383 g/mol. The molecule has 3 rings (SSSR count). The molecular formula is C19H27ClN2O4. The van der Waals surface area contributed by atoms with Crippen molar-refractivity contribution in [2.24, 2.45) is 11.7 Å². The van der Waals surface area contributed by atoms with Gasteiger partial charge in [0.1, 0.15) is 5.76 Å². The van der Waals surface area contributed by atoms with Gasteiger partial charge in [-0.2, -0.15) is 0 Å². The van der Waals surface area contributed by atoms with Gasteiger partial charge in [-0.1, -0.05) is 12.1 Å². The molecule has 1 aliphatic heterocycles. The molecule has 0 aliphatic carbocycles. The lowest BCUT2D eigenvalue weighted by atomic mass is 9.91. The predicted molar refractivity (Wildman–Crippen MR) is 103 cm³/mol. The van der Waals surface area contributed by atoms with Gasteiger partial charge in [0.05, 0.1) is 18.7 Å². The van der Waals surface area contributed by atoms with Crippen LogP contribution in [0.25, 0.3) is 11.0 Å². The van der Waals surface area contributed by atoms with Crippen LogP contribution in [0, 0.1) is 5.92 Å². The van der Waals surface area contributed by atoms with Gasteiger partial charge >= 0.3 is 0 Å². The van der Waals surface area contributed by atoms with Crippen molar-refractivity contribution in [3.05, 3.63) is 30.0 Å². The molecule has 3 N–H and O–H groups in total. The van der Waals surface area contributed by atoms with Crippen molar-refractivity contribution in [3.63, 3.8) is 0 Å². The summed E-state index contributed by atoms with van der Waals surface area (Å²) in [7, 11) is 0. The van der Waals surface area contributed by atoms with E-state index in [9.17, 15) is 4.79 Å². The maximum absolute atomic E-state index is 12.5. The number of hydrogen-bond donors (Lipinski definition) is 2. The Kier molecular flexibility index (Phi) is 7.32. The Labute approximate surface area is 159 Å². The second-order valence-electron chi connectivity index (χ2n) is 6.46. The number of rotatable bonds is 6. The molecule has 1 aliphatic rings. The van der Waals surface area contributed by atoms with Crippen molar-refractivity contribution in [2.75, 3.05) is 19.8 Å². The van der Waals surface area contributed by atoms with Gasteiger partial charge in [-0.25, -0.2) is 0 Å². The van der Waals surface area contributed by atoms with Gasteiger partial charge < -0.3 is 24.9 Å². The number of halogens is 1. The Morgan fingerprint density at radius 3 is 2.81 bits per heavy atom. The van der Waals surface area contributed by atoms with E-state index in [1.807, 2.05) is 38.1 Å². The van der Waals surface area contributed by atoms with E-state index in [0.717, 1.165) is 18.2 Å². The maximum Gasteiger partial charge on any atom is 0.237 e. The van der Waals surface area contributed by atoms with Gasteiger partial charge in [-0.15, -0.1) is 12.4 Å². The quantitative estimate of drug-likeness (QED) is 0.801. The Hall–Kier alpha value is -1.76. The van der Waals surface area contributed by atoms with E-state index in [0.29, 0.717) is 36.9 Å². The highest BCUT2D eigenvalue weighted by Crippen LogP contribution is 2.31. The first-order valence-electron chi connectivity index (χ1n) is 8.89. The molecule has 0 spiro atoms. The summed E-state index contributed by atoms with van der Waals surface area (Å²) in [6.07, 6.45) is 1.65. The molecule has 2 aromatic rings. The lowest BCUT2D eigenvalue weighted by molar-refractivity contribution is -0.125. The highest BCUT2D eigenvalue weighted by atomic mass is 35.5. The summed E-state index contributed by atoms with van der Waals surface area (Å²) in [5.74, 6) is 1.42. The van der Waals surface area contributed by atoms with Gasteiger partial charge in [-0.3, -0.25) is 4.79 Å². The zero-order valence-electron chi connectivity index (χ0n) is 15.2. The van der Waals surface area contributed by atoms with E-state index in [4.69, 9.17) is 19.6 Å². The van der Waals surface area contributed by atoms with Gasteiger partial charge in [-0.05, 0) is 44.7 Å². The van der Waals surface area contributed by atoms with Crippen LogP contribution in [0.4, 0.5) is 0 Å². The number of para-hydroxylation sites is 1. The molecule has 6 nitrogen and oxygen atoms in total. The third kappa shape index (κ3) is 4.50. The van der Waals surface area contributed by atoms with Crippen LogP contribution >= 0.6 is 12.4 Å². The van der Waals surface area contributed by atoms with E-state index in [1.54, 1.807) is 0 Å². The van der Waals surface area contributed by atoms with Crippen LogP contribution in [0.1, 0.15) is 38.5 Å². The van der Waals surface area contributed by atoms with E-state index >= 15 is 0 Å². The Bertz CT molecular complexity index is 727. The van der Waals surface area contributed by atoms with Crippen LogP contribution in [-0.2, 0) is 9.53 Å². The highest BCUT2D eigenvalue weighted by Gasteiger charge is 2.28. The molecule has 1 fully saturated rings. The Balaban J connectivity index is 0.00000243. The van der Waals surface area contributed by atoms with Crippen molar-refractivity contribution in [1.29, 1.82) is 0 Å². The zero-order valence-corrected chi connectivity index (χ0v) is 16.0. The van der Waals surface area contributed by atoms with E-state index in [-0.39, 0.29) is 30.3 Å². The number of ether oxygens (including phenoxy) is 2. The molecule has 1 saturated heterocycles. The number of nitrogens with two attached hydrogens (primary N) is 1. The molecule has 1 amide bonds. The number of carbonyl (C=O) groups is 1. The molecule has 2 heterocycles. The lowest BCUT2D eigenvalue weighted by Gasteiger charge is -2.27. The van der Waals surface area contributed by atoms with Crippen LogP contribution in [0.2, 0.25) is 0 Å². The van der Waals surface area contributed by atoms with Crippen molar-refractivity contribution in [1.82, 2.24) is 5.32 Å². The third-order valence-electron chi connectivity index (χ3n) is 4.69. The summed E-state index contributed by atoms with van der Waals surface area (Å²) in [4.78, 5) is 12.5. The Morgan fingerprint density at radius 2 is 2.12 bits per heavy atom. The molecule has 7 heteroatoms. The monoisotopic (exact) mass is 382 g/mol. The number of amides is 1. The first-order valence-corrected chi connectivity index (χ1v) is 8.89. The summed E-state index contributed by atoms with van der Waals surface area (Å²) in [5, 5.41) is 3.92. The Morgan fingerprint density at radius 1 is 1.38 bits per heavy atom. The third-order valence-corrected chi connectivity index (χ3v) is 4.69. The molecule has 2 atom stereocenters. The summed E-state index contributed by atoms with van der Waals surface area (Å²) >= 11 is 0. The lowest BCUT2D eigenvalue weighted by Crippen LogP contribution is -2.47. The number of nitrogens with one attached hydrogen (secondary N) is 1. The smallest absolute Gasteiger partial charge is 0.237 e. The van der Waals surface area contributed by atoms with Gasteiger partial charge in [0, 0.05) is 18.6 Å². The molecule has 1 aromatic carbocycles. The predicted octanol–water partition coefficient (Wildman–Crippen LogP) is 3.18. The number of hydrogen-bond acceptors (Lipinski definition) is 5. The molecule has 0 bridgehead atoms. The molecule has 144 valence electrons. The molecule has 26 heavy (non-hydrogen) atoms. The van der Waals surface area contributed by atoms with E-state index < -0.39 is 6.04 Å². The second kappa shape index (κ2) is 9.26. The molecular weight excluding hydrogens is 356 g/mol. The van der Waals surface area contributed by atoms with Crippen molar-refractivity contribution in [3.8, 4) is 5.75 Å². The summed E-state index contributed by atoms with van der Waals surface area (Å²) in [5.41, 5.74) is 6.84. The standard InChI is InChI=1S/C19H26N2O4.ClH/c1-3-24-15-6-4-5-14-11-16(25-18(14)15)12(2)21-19(22)17(20)13-7-9-23-10-8-13;/h4-6,11-13,17H,3,7-10,20H2,1-2H3,(H,21,22);1H. The fraction of sp³-hybridized carbons (Fsp3) is 0.526. The number of carbonyl (C=O) groups excluding carboxylic acids is 1. The summed E-state index contributed by atoms with van der Waals surface area (Å²) in [6, 6.07) is 6.92. The zero-order chi connectivity index (χ0) is 17.8.